The second kappa shape index (κ2) is 8.55. The number of aryl methyl sites for hydroxylation is 1. The molecule has 25 heavy (non-hydrogen) atoms. The number of aromatic carboxylic acids is 2. The van der Waals surface area contributed by atoms with E-state index in [1.165, 1.54) is 18.2 Å². The second-order valence-electron chi connectivity index (χ2n) is 5.24. The molecule has 0 bridgehead atoms. The van der Waals surface area contributed by atoms with Gasteiger partial charge in [-0.1, -0.05) is 25.1 Å². The highest BCUT2D eigenvalue weighted by Crippen LogP contribution is 2.30. The number of hydrogen-bond donors (Lipinski definition) is 2. The summed E-state index contributed by atoms with van der Waals surface area (Å²) in [6, 6.07) is 10.9. The molecule has 0 amide bonds. The van der Waals surface area contributed by atoms with Crippen LogP contribution in [0.15, 0.2) is 42.5 Å². The Morgan fingerprint density at radius 2 is 1.76 bits per heavy atom. The summed E-state index contributed by atoms with van der Waals surface area (Å²) in [7, 11) is 0. The quantitative estimate of drug-likeness (QED) is 0.770. The molecular weight excluding hydrogens is 320 g/mol. The van der Waals surface area contributed by atoms with Crippen LogP contribution in [0, 0.1) is 11.8 Å². The zero-order chi connectivity index (χ0) is 18.2. The summed E-state index contributed by atoms with van der Waals surface area (Å²) in [4.78, 5) is 22.5. The molecule has 0 atom stereocenters. The van der Waals surface area contributed by atoms with Crippen LogP contribution in [0.25, 0.3) is 0 Å². The SMILES string of the molecule is CCC#CCCc1ccccc1Oc1cc(C(=O)O)ccc1C(=O)O. The number of carboxylic acid groups (broad SMARTS) is 2. The largest absolute Gasteiger partial charge is 0.478 e. The van der Waals surface area contributed by atoms with Gasteiger partial charge in [-0.3, -0.25) is 0 Å². The lowest BCUT2D eigenvalue weighted by molar-refractivity contribution is 0.0678. The Kier molecular flexibility index (Phi) is 6.19. The second-order valence-corrected chi connectivity index (χ2v) is 5.24. The first-order valence-electron chi connectivity index (χ1n) is 7.85. The van der Waals surface area contributed by atoms with Crippen LogP contribution in [0.3, 0.4) is 0 Å². The molecular formula is C20H18O5. The molecule has 0 aliphatic heterocycles. The van der Waals surface area contributed by atoms with Gasteiger partial charge in [0.15, 0.2) is 0 Å². The highest BCUT2D eigenvalue weighted by atomic mass is 16.5. The summed E-state index contributed by atoms with van der Waals surface area (Å²) in [5, 5.41) is 18.4. The van der Waals surface area contributed by atoms with Gasteiger partial charge in [0.1, 0.15) is 17.1 Å². The molecule has 0 saturated carbocycles. The van der Waals surface area contributed by atoms with E-state index in [1.807, 2.05) is 19.1 Å². The lowest BCUT2D eigenvalue weighted by Crippen LogP contribution is -2.04. The van der Waals surface area contributed by atoms with Crippen LogP contribution >= 0.6 is 0 Å². The average molecular weight is 338 g/mol. The van der Waals surface area contributed by atoms with Crippen molar-refractivity contribution in [3.63, 3.8) is 0 Å². The van der Waals surface area contributed by atoms with Gasteiger partial charge in [-0.15, -0.1) is 11.8 Å². The predicted octanol–water partition coefficient (Wildman–Crippen LogP) is 4.22. The fourth-order valence-corrected chi connectivity index (χ4v) is 2.26. The maximum absolute atomic E-state index is 11.4. The Morgan fingerprint density at radius 3 is 2.44 bits per heavy atom. The van der Waals surface area contributed by atoms with Crippen LogP contribution < -0.4 is 4.74 Å². The van der Waals surface area contributed by atoms with Crippen molar-refractivity contribution in [2.24, 2.45) is 0 Å². The Hall–Kier alpha value is -3.26. The zero-order valence-corrected chi connectivity index (χ0v) is 13.8. The third-order valence-corrected chi connectivity index (χ3v) is 3.47. The average Bonchev–Trinajstić information content (AvgIpc) is 2.59. The fourth-order valence-electron chi connectivity index (χ4n) is 2.26. The molecule has 2 aromatic carbocycles. The van der Waals surface area contributed by atoms with Crippen molar-refractivity contribution in [3.8, 4) is 23.3 Å². The molecule has 2 aromatic rings. The lowest BCUT2D eigenvalue weighted by atomic mass is 10.1. The van der Waals surface area contributed by atoms with E-state index >= 15 is 0 Å². The van der Waals surface area contributed by atoms with E-state index < -0.39 is 11.9 Å². The Labute approximate surface area is 145 Å². The molecule has 5 heteroatoms. The standard InChI is InChI=1S/C20H18O5/c1-2-3-4-5-8-14-9-6-7-10-17(14)25-18-13-15(19(21)22)11-12-16(18)20(23)24/h6-7,9-13H,2,5,8H2,1H3,(H,21,22)(H,23,24). The van der Waals surface area contributed by atoms with Crippen molar-refractivity contribution in [2.75, 3.05) is 0 Å². The van der Waals surface area contributed by atoms with E-state index in [4.69, 9.17) is 9.84 Å². The maximum atomic E-state index is 11.4. The number of rotatable bonds is 6. The number of carbonyl (C=O) groups is 2. The summed E-state index contributed by atoms with van der Waals surface area (Å²) < 4.78 is 5.76. The molecule has 0 fully saturated rings. The smallest absolute Gasteiger partial charge is 0.339 e. The van der Waals surface area contributed by atoms with Crippen LogP contribution in [0.4, 0.5) is 0 Å². The highest BCUT2D eigenvalue weighted by Gasteiger charge is 2.16. The Bertz CT molecular complexity index is 843. The van der Waals surface area contributed by atoms with Crippen molar-refractivity contribution in [3.05, 3.63) is 59.2 Å². The molecule has 5 nitrogen and oxygen atoms in total. The normalized spacial score (nSPS) is 9.80. The molecule has 0 spiro atoms. The van der Waals surface area contributed by atoms with Gasteiger partial charge < -0.3 is 14.9 Å². The van der Waals surface area contributed by atoms with Crippen molar-refractivity contribution < 1.29 is 24.5 Å². The van der Waals surface area contributed by atoms with Gasteiger partial charge in [0.05, 0.1) is 5.56 Å². The van der Waals surface area contributed by atoms with Crippen molar-refractivity contribution >= 4 is 11.9 Å². The molecule has 0 aliphatic rings. The number of carboxylic acids is 2. The van der Waals surface area contributed by atoms with Gasteiger partial charge in [0.25, 0.3) is 0 Å². The van der Waals surface area contributed by atoms with Gasteiger partial charge in [0.2, 0.25) is 0 Å². The van der Waals surface area contributed by atoms with E-state index in [0.29, 0.717) is 18.6 Å². The Balaban J connectivity index is 2.34. The molecule has 0 heterocycles. The molecule has 0 aliphatic carbocycles. The molecule has 0 unspecified atom stereocenters. The van der Waals surface area contributed by atoms with E-state index in [0.717, 1.165) is 12.0 Å². The number of ether oxygens (including phenoxy) is 1. The van der Waals surface area contributed by atoms with Crippen LogP contribution in [0.2, 0.25) is 0 Å². The van der Waals surface area contributed by atoms with Crippen LogP contribution in [-0.2, 0) is 6.42 Å². The summed E-state index contributed by atoms with van der Waals surface area (Å²) in [5.74, 6) is 4.21. The molecule has 0 radical (unpaired) electrons. The summed E-state index contributed by atoms with van der Waals surface area (Å²) >= 11 is 0. The zero-order valence-electron chi connectivity index (χ0n) is 13.8. The van der Waals surface area contributed by atoms with Gasteiger partial charge in [-0.25, -0.2) is 9.59 Å². The van der Waals surface area contributed by atoms with E-state index in [-0.39, 0.29) is 16.9 Å². The summed E-state index contributed by atoms with van der Waals surface area (Å²) in [6.07, 6.45) is 2.11. The topological polar surface area (TPSA) is 83.8 Å². The minimum atomic E-state index is -1.18. The summed E-state index contributed by atoms with van der Waals surface area (Å²) in [6.45, 7) is 1.98. The molecule has 128 valence electrons. The van der Waals surface area contributed by atoms with Gasteiger partial charge in [-0.05, 0) is 36.2 Å². The minimum absolute atomic E-state index is 0.000470. The first-order chi connectivity index (χ1) is 12.0. The fraction of sp³-hybridized carbons (Fsp3) is 0.200. The maximum Gasteiger partial charge on any atom is 0.339 e. The number of benzene rings is 2. The van der Waals surface area contributed by atoms with Crippen molar-refractivity contribution in [1.29, 1.82) is 0 Å². The van der Waals surface area contributed by atoms with Crippen LogP contribution in [0.1, 0.15) is 46.0 Å². The van der Waals surface area contributed by atoms with E-state index in [2.05, 4.69) is 11.8 Å². The Morgan fingerprint density at radius 1 is 1.00 bits per heavy atom. The lowest BCUT2D eigenvalue weighted by Gasteiger charge is -2.13. The first kappa shape index (κ1) is 18.1. The number of hydrogen-bond acceptors (Lipinski definition) is 3. The van der Waals surface area contributed by atoms with Crippen molar-refractivity contribution in [2.45, 2.75) is 26.2 Å². The van der Waals surface area contributed by atoms with Crippen molar-refractivity contribution in [1.82, 2.24) is 0 Å². The van der Waals surface area contributed by atoms with Gasteiger partial charge >= 0.3 is 11.9 Å². The van der Waals surface area contributed by atoms with Crippen LogP contribution in [0.5, 0.6) is 11.5 Å². The summed E-state index contributed by atoms with van der Waals surface area (Å²) in [5.41, 5.74) is 0.752. The first-order valence-corrected chi connectivity index (χ1v) is 7.85. The third kappa shape index (κ3) is 4.85. The third-order valence-electron chi connectivity index (χ3n) is 3.47. The minimum Gasteiger partial charge on any atom is -0.478 e. The van der Waals surface area contributed by atoms with Gasteiger partial charge in [-0.2, -0.15) is 0 Å². The molecule has 2 rings (SSSR count). The highest BCUT2D eigenvalue weighted by molar-refractivity contribution is 5.94. The predicted molar refractivity (Wildman–Crippen MR) is 93.3 cm³/mol. The van der Waals surface area contributed by atoms with E-state index in [9.17, 15) is 14.7 Å². The van der Waals surface area contributed by atoms with Gasteiger partial charge in [0, 0.05) is 12.8 Å². The molecule has 0 aromatic heterocycles. The van der Waals surface area contributed by atoms with Crippen LogP contribution in [-0.4, -0.2) is 22.2 Å². The molecule has 0 saturated heterocycles. The van der Waals surface area contributed by atoms with E-state index in [1.54, 1.807) is 12.1 Å². The monoisotopic (exact) mass is 338 g/mol. The number of para-hydroxylation sites is 1. The molecule has 2 N–H and O–H groups in total.